The minimum absolute atomic E-state index is 0.0635. The van der Waals surface area contributed by atoms with Crippen LogP contribution in [0.4, 0.5) is 0 Å². The smallest absolute Gasteiger partial charge is 0.254 e. The molecule has 0 aromatic heterocycles. The van der Waals surface area contributed by atoms with Crippen molar-refractivity contribution in [2.45, 2.75) is 38.6 Å². The van der Waals surface area contributed by atoms with E-state index in [1.807, 2.05) is 60.4 Å². The first-order valence-corrected chi connectivity index (χ1v) is 9.79. The minimum Gasteiger partial charge on any atom is -0.353 e. The van der Waals surface area contributed by atoms with E-state index in [0.717, 1.165) is 29.5 Å². The second kappa shape index (κ2) is 9.05. The summed E-state index contributed by atoms with van der Waals surface area (Å²) < 4.78 is 0. The van der Waals surface area contributed by atoms with E-state index in [9.17, 15) is 9.59 Å². The van der Waals surface area contributed by atoms with Crippen molar-refractivity contribution in [1.82, 2.24) is 10.2 Å². The number of hydrogen-bond donors (Lipinski definition) is 1. The summed E-state index contributed by atoms with van der Waals surface area (Å²) in [5.41, 5.74) is 2.87. The van der Waals surface area contributed by atoms with E-state index in [2.05, 4.69) is 5.32 Å². The maximum Gasteiger partial charge on any atom is 0.254 e. The van der Waals surface area contributed by atoms with E-state index < -0.39 is 0 Å². The molecule has 0 atom stereocenters. The third-order valence-electron chi connectivity index (χ3n) is 5.08. The fourth-order valence-corrected chi connectivity index (χ4v) is 3.54. The molecule has 0 radical (unpaired) electrons. The van der Waals surface area contributed by atoms with Gasteiger partial charge in [0.2, 0.25) is 5.91 Å². The van der Waals surface area contributed by atoms with Crippen molar-refractivity contribution in [3.63, 3.8) is 0 Å². The van der Waals surface area contributed by atoms with Gasteiger partial charge in [0.05, 0.1) is 0 Å². The Balaban J connectivity index is 1.43. The van der Waals surface area contributed by atoms with Crippen LogP contribution in [0.25, 0.3) is 0 Å². The van der Waals surface area contributed by atoms with Gasteiger partial charge in [0.15, 0.2) is 0 Å². The number of nitrogens with one attached hydrogen (secondary N) is 1. The number of carbonyl (C=O) groups excluding carboxylic acids is 2. The van der Waals surface area contributed by atoms with Crippen molar-refractivity contribution >= 4 is 23.4 Å². The molecule has 0 unspecified atom stereocenters. The SMILES string of the molecule is Cc1ccccc1C(=O)N1CCC(NC(=O)CCc2ccc(Cl)cc2)CC1. The van der Waals surface area contributed by atoms with Crippen molar-refractivity contribution in [3.05, 3.63) is 70.2 Å². The minimum atomic E-state index is 0.0635. The zero-order valence-electron chi connectivity index (χ0n) is 15.6. The highest BCUT2D eigenvalue weighted by molar-refractivity contribution is 6.30. The predicted molar refractivity (Wildman–Crippen MR) is 108 cm³/mol. The van der Waals surface area contributed by atoms with Gasteiger partial charge in [0.1, 0.15) is 0 Å². The van der Waals surface area contributed by atoms with Crippen molar-refractivity contribution in [3.8, 4) is 0 Å². The van der Waals surface area contributed by atoms with Crippen LogP contribution >= 0.6 is 11.6 Å². The fourth-order valence-electron chi connectivity index (χ4n) is 3.42. The van der Waals surface area contributed by atoms with E-state index in [1.54, 1.807) is 0 Å². The van der Waals surface area contributed by atoms with Crippen LogP contribution in [0.1, 0.15) is 40.7 Å². The van der Waals surface area contributed by atoms with Gasteiger partial charge in [-0.2, -0.15) is 0 Å². The molecule has 142 valence electrons. The lowest BCUT2D eigenvalue weighted by molar-refractivity contribution is -0.122. The maximum absolute atomic E-state index is 12.7. The number of rotatable bonds is 5. The summed E-state index contributed by atoms with van der Waals surface area (Å²) in [4.78, 5) is 26.8. The molecule has 27 heavy (non-hydrogen) atoms. The highest BCUT2D eigenvalue weighted by Crippen LogP contribution is 2.17. The van der Waals surface area contributed by atoms with Gasteiger partial charge in [-0.15, -0.1) is 0 Å². The standard InChI is InChI=1S/C22H25ClN2O2/c1-16-4-2-3-5-20(16)22(27)25-14-12-19(13-15-25)24-21(26)11-8-17-6-9-18(23)10-7-17/h2-7,9-10,19H,8,11-15H2,1H3,(H,24,26). The van der Waals surface area contributed by atoms with Gasteiger partial charge >= 0.3 is 0 Å². The van der Waals surface area contributed by atoms with Gasteiger partial charge in [-0.25, -0.2) is 0 Å². The van der Waals surface area contributed by atoms with Crippen LogP contribution in [0, 0.1) is 6.92 Å². The molecule has 1 fully saturated rings. The zero-order valence-corrected chi connectivity index (χ0v) is 16.3. The lowest BCUT2D eigenvalue weighted by Gasteiger charge is -2.32. The van der Waals surface area contributed by atoms with Crippen LogP contribution in [0.15, 0.2) is 48.5 Å². The van der Waals surface area contributed by atoms with E-state index >= 15 is 0 Å². The van der Waals surface area contributed by atoms with E-state index in [-0.39, 0.29) is 17.9 Å². The second-order valence-electron chi connectivity index (χ2n) is 7.08. The Kier molecular flexibility index (Phi) is 6.51. The summed E-state index contributed by atoms with van der Waals surface area (Å²) in [7, 11) is 0. The Morgan fingerprint density at radius 2 is 1.74 bits per heavy atom. The van der Waals surface area contributed by atoms with Crippen LogP contribution < -0.4 is 5.32 Å². The predicted octanol–water partition coefficient (Wildman–Crippen LogP) is 4.00. The first kappa shape index (κ1) is 19.4. The Bertz CT molecular complexity index is 796. The molecule has 0 spiro atoms. The molecule has 2 aromatic carbocycles. The number of aryl methyl sites for hydroxylation is 2. The highest BCUT2D eigenvalue weighted by atomic mass is 35.5. The molecule has 0 saturated carbocycles. The molecule has 3 rings (SSSR count). The van der Waals surface area contributed by atoms with Gasteiger partial charge in [0, 0.05) is 36.1 Å². The summed E-state index contributed by atoms with van der Waals surface area (Å²) in [6.45, 7) is 3.31. The van der Waals surface area contributed by atoms with Gasteiger partial charge in [-0.1, -0.05) is 41.9 Å². The van der Waals surface area contributed by atoms with Gasteiger partial charge in [0.25, 0.3) is 5.91 Å². The average Bonchev–Trinajstić information content (AvgIpc) is 2.68. The summed E-state index contributed by atoms with van der Waals surface area (Å²) in [6.07, 6.45) is 2.76. The fraction of sp³-hybridized carbons (Fsp3) is 0.364. The first-order chi connectivity index (χ1) is 13.0. The van der Waals surface area contributed by atoms with Gasteiger partial charge in [-0.3, -0.25) is 9.59 Å². The molecule has 1 heterocycles. The summed E-state index contributed by atoms with van der Waals surface area (Å²) in [5, 5.41) is 3.81. The van der Waals surface area contributed by atoms with E-state index in [1.165, 1.54) is 0 Å². The lowest BCUT2D eigenvalue weighted by Crippen LogP contribution is -2.46. The first-order valence-electron chi connectivity index (χ1n) is 9.41. The van der Waals surface area contributed by atoms with Crippen molar-refractivity contribution in [2.24, 2.45) is 0 Å². The zero-order chi connectivity index (χ0) is 19.2. The van der Waals surface area contributed by atoms with Crippen LogP contribution in [0.2, 0.25) is 5.02 Å². The molecule has 2 aromatic rings. The number of nitrogens with zero attached hydrogens (tertiary/aromatic N) is 1. The lowest BCUT2D eigenvalue weighted by atomic mass is 10.0. The average molecular weight is 385 g/mol. The van der Waals surface area contributed by atoms with Gasteiger partial charge in [-0.05, 0) is 55.5 Å². The number of benzene rings is 2. The number of piperidine rings is 1. The quantitative estimate of drug-likeness (QED) is 0.846. The Morgan fingerprint density at radius 3 is 2.41 bits per heavy atom. The summed E-state index contributed by atoms with van der Waals surface area (Å²) in [5.74, 6) is 0.147. The summed E-state index contributed by atoms with van der Waals surface area (Å²) >= 11 is 5.88. The number of carbonyl (C=O) groups is 2. The second-order valence-corrected chi connectivity index (χ2v) is 7.51. The topological polar surface area (TPSA) is 49.4 Å². The molecule has 0 bridgehead atoms. The Hall–Kier alpha value is -2.33. The molecule has 0 aliphatic carbocycles. The Morgan fingerprint density at radius 1 is 1.07 bits per heavy atom. The molecule has 1 saturated heterocycles. The molecular formula is C22H25ClN2O2. The van der Waals surface area contributed by atoms with E-state index in [0.29, 0.717) is 31.0 Å². The molecule has 2 amide bonds. The molecular weight excluding hydrogens is 360 g/mol. The van der Waals surface area contributed by atoms with Crippen LogP contribution in [0.5, 0.6) is 0 Å². The molecule has 1 aliphatic heterocycles. The third kappa shape index (κ3) is 5.33. The number of amides is 2. The largest absolute Gasteiger partial charge is 0.353 e. The number of halogens is 1. The molecule has 1 N–H and O–H groups in total. The molecule has 4 nitrogen and oxygen atoms in total. The van der Waals surface area contributed by atoms with Crippen molar-refractivity contribution in [1.29, 1.82) is 0 Å². The normalized spacial score (nSPS) is 14.8. The number of likely N-dealkylation sites (tertiary alicyclic amines) is 1. The molecule has 1 aliphatic rings. The third-order valence-corrected chi connectivity index (χ3v) is 5.33. The monoisotopic (exact) mass is 384 g/mol. The van der Waals surface area contributed by atoms with Crippen LogP contribution in [-0.2, 0) is 11.2 Å². The van der Waals surface area contributed by atoms with Crippen molar-refractivity contribution < 1.29 is 9.59 Å². The van der Waals surface area contributed by atoms with Crippen LogP contribution in [0.3, 0.4) is 0 Å². The van der Waals surface area contributed by atoms with Crippen LogP contribution in [-0.4, -0.2) is 35.8 Å². The Labute approximate surface area is 165 Å². The summed E-state index contributed by atoms with van der Waals surface area (Å²) in [6, 6.07) is 15.4. The molecule has 5 heteroatoms. The maximum atomic E-state index is 12.7. The van der Waals surface area contributed by atoms with E-state index in [4.69, 9.17) is 11.6 Å². The van der Waals surface area contributed by atoms with Gasteiger partial charge < -0.3 is 10.2 Å². The van der Waals surface area contributed by atoms with Crippen molar-refractivity contribution in [2.75, 3.05) is 13.1 Å². The number of hydrogen-bond acceptors (Lipinski definition) is 2. The highest BCUT2D eigenvalue weighted by Gasteiger charge is 2.25.